The van der Waals surface area contributed by atoms with E-state index in [1.165, 1.54) is 0 Å². The van der Waals surface area contributed by atoms with Gasteiger partial charge in [0, 0.05) is 42.8 Å². The molecule has 0 spiro atoms. The Bertz CT molecular complexity index is 1560. The normalized spacial score (nSPS) is 20.5. The monoisotopic (exact) mass is 563 g/mol. The Hall–Kier alpha value is -3.69. The molecule has 1 aromatic carbocycles. The summed E-state index contributed by atoms with van der Waals surface area (Å²) in [6, 6.07) is 9.62. The van der Waals surface area contributed by atoms with Crippen molar-refractivity contribution in [2.75, 3.05) is 25.0 Å². The average molecular weight is 564 g/mol. The lowest BCUT2D eigenvalue weighted by Gasteiger charge is -2.35. The van der Waals surface area contributed by atoms with Crippen molar-refractivity contribution in [1.29, 1.82) is 5.26 Å². The second-order valence-corrected chi connectivity index (χ2v) is 10.4. The molecular weight excluding hydrogens is 541 g/mol. The molecule has 3 aromatic heterocycles. The molecule has 188 valence electrons. The zero-order valence-electron chi connectivity index (χ0n) is 19.7. The predicted molar refractivity (Wildman–Crippen MR) is 139 cm³/mol. The molecule has 4 aromatic rings. The van der Waals surface area contributed by atoms with Crippen LogP contribution in [0.25, 0.3) is 27.6 Å². The fraction of sp³-hybridized carbons (Fsp3) is 0.360. The Labute approximate surface area is 219 Å². The lowest BCUT2D eigenvalue weighted by Crippen LogP contribution is -2.61. The first-order chi connectivity index (χ1) is 17.9. The van der Waals surface area contributed by atoms with E-state index in [-0.39, 0.29) is 37.5 Å². The van der Waals surface area contributed by atoms with E-state index in [4.69, 9.17) is 4.98 Å². The Morgan fingerprint density at radius 1 is 1.32 bits per heavy atom. The predicted octanol–water partition coefficient (Wildman–Crippen LogP) is 3.01. The van der Waals surface area contributed by atoms with Crippen LogP contribution in [-0.2, 0) is 4.79 Å². The Kier molecular flexibility index (Phi) is 5.97. The van der Waals surface area contributed by atoms with Crippen molar-refractivity contribution in [2.24, 2.45) is 5.92 Å². The molecule has 1 amide bonds. The maximum atomic E-state index is 14.2. The van der Waals surface area contributed by atoms with Crippen molar-refractivity contribution < 1.29 is 9.18 Å². The highest BCUT2D eigenvalue weighted by molar-refractivity contribution is 9.10. The van der Waals surface area contributed by atoms with Gasteiger partial charge in [0.15, 0.2) is 11.3 Å². The average Bonchev–Trinajstić information content (AvgIpc) is 3.49. The Balaban J connectivity index is 1.22. The number of fused-ring (bicyclic) bond motifs is 2. The number of alkyl halides is 1. The fourth-order valence-electron chi connectivity index (χ4n) is 4.95. The number of nitrogens with zero attached hydrogens (tertiary/aromatic N) is 6. The number of carbonyl (C=O) groups excluding carboxylic acids is 1. The van der Waals surface area contributed by atoms with Gasteiger partial charge in [-0.1, -0.05) is 6.07 Å². The Morgan fingerprint density at radius 2 is 2.19 bits per heavy atom. The fourth-order valence-corrected chi connectivity index (χ4v) is 5.39. The molecule has 1 saturated heterocycles. The Morgan fingerprint density at radius 3 is 2.97 bits per heavy atom. The maximum absolute atomic E-state index is 14.2. The summed E-state index contributed by atoms with van der Waals surface area (Å²) < 4.78 is 16.4. The molecule has 2 aliphatic rings. The third kappa shape index (κ3) is 4.49. The number of benzene rings is 1. The lowest BCUT2D eigenvalue weighted by atomic mass is 9.99. The number of hydrogen-bond acceptors (Lipinski definition) is 8. The van der Waals surface area contributed by atoms with Crippen LogP contribution in [-0.4, -0.2) is 62.0 Å². The zero-order valence-corrected chi connectivity index (χ0v) is 21.3. The van der Waals surface area contributed by atoms with Gasteiger partial charge in [-0.2, -0.15) is 15.3 Å². The van der Waals surface area contributed by atoms with Crippen molar-refractivity contribution in [1.82, 2.24) is 35.4 Å². The first-order valence-corrected chi connectivity index (χ1v) is 12.9. The summed E-state index contributed by atoms with van der Waals surface area (Å²) in [6.45, 7) is 0.607. The van der Waals surface area contributed by atoms with E-state index in [0.29, 0.717) is 39.4 Å². The second-order valence-electron chi connectivity index (χ2n) is 9.64. The van der Waals surface area contributed by atoms with Crippen LogP contribution in [0.5, 0.6) is 0 Å². The van der Waals surface area contributed by atoms with Gasteiger partial charge in [-0.05, 0) is 53.4 Å². The molecule has 0 radical (unpaired) electrons. The van der Waals surface area contributed by atoms with Gasteiger partial charge in [0.1, 0.15) is 10.7 Å². The van der Waals surface area contributed by atoms with Gasteiger partial charge in [-0.25, -0.2) is 14.1 Å². The minimum atomic E-state index is -1.33. The van der Waals surface area contributed by atoms with Crippen molar-refractivity contribution >= 4 is 49.7 Å². The van der Waals surface area contributed by atoms with Gasteiger partial charge < -0.3 is 16.0 Å². The van der Waals surface area contributed by atoms with Crippen LogP contribution in [0.3, 0.4) is 0 Å². The number of hydrogen-bond donors (Lipinski definition) is 3. The van der Waals surface area contributed by atoms with E-state index in [0.717, 1.165) is 23.6 Å². The van der Waals surface area contributed by atoms with Crippen LogP contribution in [0.1, 0.15) is 24.8 Å². The molecule has 4 heterocycles. The number of nitriles is 1. The molecule has 1 aliphatic carbocycles. The van der Waals surface area contributed by atoms with Crippen molar-refractivity contribution in [3.05, 3.63) is 46.8 Å². The third-order valence-corrected chi connectivity index (χ3v) is 7.62. The summed E-state index contributed by atoms with van der Waals surface area (Å²) in [6.07, 6.45) is 5.48. The molecule has 6 rings (SSSR count). The minimum Gasteiger partial charge on any atom is -0.353 e. The molecule has 0 bridgehead atoms. The van der Waals surface area contributed by atoms with Crippen LogP contribution in [0, 0.1) is 17.2 Å². The lowest BCUT2D eigenvalue weighted by molar-refractivity contribution is -0.125. The van der Waals surface area contributed by atoms with Gasteiger partial charge in [-0.15, -0.1) is 0 Å². The number of carbonyl (C=O) groups is 1. The molecule has 12 heteroatoms. The summed E-state index contributed by atoms with van der Waals surface area (Å²) >= 11 is 3.49. The zero-order chi connectivity index (χ0) is 25.6. The molecule has 37 heavy (non-hydrogen) atoms. The standard InChI is InChI=1S/C25H23BrFN9O/c26-21-19-10-31-24(33-17-4-3-15(6-17)23(37)32-13-25(27)11-29-12-25)34-22(19)36(35-21)18-7-14-2-1-5-30-20(14)16(8-18)9-28/h1-2,5,7-8,10,15,17,29H,3-4,6,11-13H2,(H,32,37)(H,31,33,34)/t15-,17-/m1/s1. The SMILES string of the molecule is N#Cc1cc(-n2nc(Br)c3cnc(N[C@@H]4CC[C@@H](C(=O)NCC5(F)CNC5)C4)nc32)cc2cccnc12. The number of pyridine rings is 1. The minimum absolute atomic E-state index is 0.0228. The molecular formula is C25H23BrFN9O. The van der Waals surface area contributed by atoms with Crippen LogP contribution >= 0.6 is 15.9 Å². The van der Waals surface area contributed by atoms with E-state index in [1.54, 1.807) is 23.1 Å². The van der Waals surface area contributed by atoms with Gasteiger partial charge in [0.2, 0.25) is 11.9 Å². The summed E-state index contributed by atoms with van der Waals surface area (Å²) in [5, 5.41) is 24.8. The van der Waals surface area contributed by atoms with Crippen LogP contribution < -0.4 is 16.0 Å². The smallest absolute Gasteiger partial charge is 0.224 e. The van der Waals surface area contributed by atoms with E-state index in [1.807, 2.05) is 18.2 Å². The summed E-state index contributed by atoms with van der Waals surface area (Å²) in [5.74, 6) is 0.150. The van der Waals surface area contributed by atoms with E-state index < -0.39 is 5.67 Å². The highest BCUT2D eigenvalue weighted by Gasteiger charge is 2.38. The number of nitrogens with one attached hydrogen (secondary N) is 3. The second kappa shape index (κ2) is 9.32. The first-order valence-electron chi connectivity index (χ1n) is 12.1. The number of amides is 1. The van der Waals surface area contributed by atoms with Gasteiger partial charge in [0.25, 0.3) is 0 Å². The largest absolute Gasteiger partial charge is 0.353 e. The van der Waals surface area contributed by atoms with Crippen LogP contribution in [0.4, 0.5) is 10.3 Å². The molecule has 1 aliphatic heterocycles. The van der Waals surface area contributed by atoms with Gasteiger partial charge in [-0.3, -0.25) is 9.78 Å². The molecule has 10 nitrogen and oxygen atoms in total. The number of anilines is 1. The first kappa shape index (κ1) is 23.7. The number of aromatic nitrogens is 5. The van der Waals surface area contributed by atoms with E-state index in [9.17, 15) is 14.4 Å². The number of halogens is 2. The number of rotatable bonds is 6. The molecule has 0 unspecified atom stereocenters. The summed E-state index contributed by atoms with van der Waals surface area (Å²) in [4.78, 5) is 26.1. The van der Waals surface area contributed by atoms with Crippen molar-refractivity contribution in [2.45, 2.75) is 31.0 Å². The van der Waals surface area contributed by atoms with E-state index in [2.05, 4.69) is 53.0 Å². The van der Waals surface area contributed by atoms with Gasteiger partial charge in [0.05, 0.1) is 28.7 Å². The molecule has 2 atom stereocenters. The quantitative estimate of drug-likeness (QED) is 0.326. The highest BCUT2D eigenvalue weighted by Crippen LogP contribution is 2.30. The highest BCUT2D eigenvalue weighted by atomic mass is 79.9. The molecule has 1 saturated carbocycles. The topological polar surface area (TPSA) is 133 Å². The van der Waals surface area contributed by atoms with Crippen molar-refractivity contribution in [3.63, 3.8) is 0 Å². The maximum Gasteiger partial charge on any atom is 0.224 e. The van der Waals surface area contributed by atoms with Crippen molar-refractivity contribution in [3.8, 4) is 11.8 Å². The van der Waals surface area contributed by atoms with Crippen LogP contribution in [0.15, 0.2) is 41.3 Å². The van der Waals surface area contributed by atoms with Gasteiger partial charge >= 0.3 is 0 Å². The molecule has 3 N–H and O–H groups in total. The third-order valence-electron chi connectivity index (χ3n) is 7.03. The molecule has 2 fully saturated rings. The van der Waals surface area contributed by atoms with Crippen LogP contribution in [0.2, 0.25) is 0 Å². The summed E-state index contributed by atoms with van der Waals surface area (Å²) in [7, 11) is 0. The summed E-state index contributed by atoms with van der Waals surface area (Å²) in [5.41, 5.74) is 1.01. The van der Waals surface area contributed by atoms with E-state index >= 15 is 0 Å².